The molecule has 0 unspecified atom stereocenters. The topological polar surface area (TPSA) is 123 Å². The Balaban J connectivity index is 1.34. The molecule has 0 spiro atoms. The number of ether oxygens (including phenoxy) is 1. The summed E-state index contributed by atoms with van der Waals surface area (Å²) in [6, 6.07) is 12.2. The predicted molar refractivity (Wildman–Crippen MR) is 161 cm³/mol. The minimum Gasteiger partial charge on any atom is -0.383 e. The van der Waals surface area contributed by atoms with Gasteiger partial charge in [-0.3, -0.25) is 10.2 Å². The second-order valence-corrected chi connectivity index (χ2v) is 10.6. The third kappa shape index (κ3) is 6.60. The number of carbonyl (C=O) groups is 1. The number of nitrogens with two attached hydrogens (primary N) is 1. The molecular weight excluding hydrogens is 542 g/mol. The number of carbonyl (C=O) groups excluding carboxylic acids is 1. The molecule has 2 aliphatic rings. The van der Waals surface area contributed by atoms with Crippen LogP contribution in [-0.2, 0) is 4.74 Å². The number of likely N-dealkylation sites (N-methyl/N-ethyl adjacent to an activating group) is 1. The Labute approximate surface area is 244 Å². The van der Waals surface area contributed by atoms with Crippen LogP contribution in [0.4, 0.5) is 37.5 Å². The van der Waals surface area contributed by atoms with E-state index in [-0.39, 0.29) is 28.9 Å². The Bertz CT molecular complexity index is 1460. The van der Waals surface area contributed by atoms with Crippen molar-refractivity contribution < 1.29 is 18.3 Å². The van der Waals surface area contributed by atoms with Gasteiger partial charge in [0.15, 0.2) is 0 Å². The average molecular weight is 579 g/mol. The molecule has 0 radical (unpaired) electrons. The summed E-state index contributed by atoms with van der Waals surface area (Å²) in [5.41, 5.74) is 8.65. The highest BCUT2D eigenvalue weighted by Crippen LogP contribution is 2.29. The zero-order valence-electron chi connectivity index (χ0n) is 23.8. The smallest absolute Gasteiger partial charge is 0.258 e. The van der Waals surface area contributed by atoms with Crippen molar-refractivity contribution in [1.82, 2.24) is 15.2 Å². The van der Waals surface area contributed by atoms with Crippen molar-refractivity contribution >= 4 is 40.4 Å². The van der Waals surface area contributed by atoms with Crippen LogP contribution in [0.15, 0.2) is 48.5 Å². The summed E-state index contributed by atoms with van der Waals surface area (Å²) in [6.45, 7) is 5.04. The Morgan fingerprint density at radius 3 is 2.45 bits per heavy atom. The lowest BCUT2D eigenvalue weighted by atomic mass is 10.1. The summed E-state index contributed by atoms with van der Waals surface area (Å²) < 4.78 is 33.1. The maximum absolute atomic E-state index is 14.3. The number of nitrogens with zero attached hydrogens (tertiary/aromatic N) is 4. The maximum Gasteiger partial charge on any atom is 0.258 e. The summed E-state index contributed by atoms with van der Waals surface area (Å²) in [6.07, 6.45) is 1.67. The third-order valence-electron chi connectivity index (χ3n) is 7.73. The highest BCUT2D eigenvalue weighted by molar-refractivity contribution is 6.14. The second kappa shape index (κ2) is 12.7. The van der Waals surface area contributed by atoms with E-state index in [0.29, 0.717) is 30.3 Å². The number of nitrogen functional groups attached to an aromatic ring is 1. The van der Waals surface area contributed by atoms with Crippen LogP contribution >= 0.6 is 0 Å². The minimum atomic E-state index is -0.745. The summed E-state index contributed by atoms with van der Waals surface area (Å²) in [7, 11) is 3.68. The zero-order valence-corrected chi connectivity index (χ0v) is 23.8. The van der Waals surface area contributed by atoms with Gasteiger partial charge in [-0.25, -0.2) is 13.8 Å². The summed E-state index contributed by atoms with van der Waals surface area (Å²) in [5.74, 6) is -1.82. The molecule has 5 rings (SSSR count). The van der Waals surface area contributed by atoms with Crippen molar-refractivity contribution in [2.75, 3.05) is 74.3 Å². The predicted octanol–water partition coefficient (Wildman–Crippen LogP) is 3.81. The van der Waals surface area contributed by atoms with Gasteiger partial charge in [-0.1, -0.05) is 0 Å². The number of piperazine rings is 1. The normalized spacial score (nSPS) is 16.2. The van der Waals surface area contributed by atoms with E-state index < -0.39 is 17.5 Å². The number of halogens is 2. The van der Waals surface area contributed by atoms with Crippen molar-refractivity contribution in [2.24, 2.45) is 0 Å². The molecule has 2 fully saturated rings. The van der Waals surface area contributed by atoms with Gasteiger partial charge in [-0.15, -0.1) is 0 Å². The monoisotopic (exact) mass is 578 g/mol. The van der Waals surface area contributed by atoms with Crippen LogP contribution in [-0.4, -0.2) is 81.2 Å². The fourth-order valence-corrected chi connectivity index (χ4v) is 5.16. The third-order valence-corrected chi connectivity index (χ3v) is 7.73. The molecule has 5 N–H and O–H groups in total. The van der Waals surface area contributed by atoms with E-state index in [9.17, 15) is 13.6 Å². The number of aromatic nitrogens is 1. The van der Waals surface area contributed by atoms with E-state index in [1.807, 2.05) is 12.1 Å². The number of hydrogen-bond acceptors (Lipinski definition) is 9. The molecule has 222 valence electrons. The maximum atomic E-state index is 14.3. The molecule has 0 saturated carbocycles. The number of amidine groups is 1. The van der Waals surface area contributed by atoms with Crippen LogP contribution in [0.1, 0.15) is 28.8 Å². The van der Waals surface area contributed by atoms with Gasteiger partial charge in [-0.2, -0.15) is 0 Å². The molecule has 0 aliphatic carbocycles. The van der Waals surface area contributed by atoms with E-state index >= 15 is 0 Å². The molecule has 42 heavy (non-hydrogen) atoms. The molecule has 1 amide bonds. The van der Waals surface area contributed by atoms with Crippen molar-refractivity contribution in [2.45, 2.75) is 18.9 Å². The first kappa shape index (κ1) is 29.2. The molecule has 3 heterocycles. The van der Waals surface area contributed by atoms with E-state index in [1.54, 1.807) is 19.2 Å². The van der Waals surface area contributed by atoms with Crippen LogP contribution < -0.4 is 26.2 Å². The van der Waals surface area contributed by atoms with Gasteiger partial charge in [0, 0.05) is 69.9 Å². The number of nitrogens with one attached hydrogen (secondary N) is 3. The van der Waals surface area contributed by atoms with Gasteiger partial charge >= 0.3 is 0 Å². The number of benzene rings is 2. The molecule has 0 bridgehead atoms. The van der Waals surface area contributed by atoms with E-state index in [1.165, 1.54) is 17.0 Å². The molecule has 2 aromatic carbocycles. The van der Waals surface area contributed by atoms with Gasteiger partial charge in [0.25, 0.3) is 5.91 Å². The largest absolute Gasteiger partial charge is 0.383 e. The summed E-state index contributed by atoms with van der Waals surface area (Å²) in [4.78, 5) is 23.8. The zero-order chi connectivity index (χ0) is 29.8. The van der Waals surface area contributed by atoms with Crippen LogP contribution in [0.3, 0.4) is 0 Å². The molecule has 1 aromatic heterocycles. The molecule has 0 atom stereocenters. The number of hydrogen-bond donors (Lipinski definition) is 4. The number of anilines is 5. The van der Waals surface area contributed by atoms with E-state index in [4.69, 9.17) is 15.9 Å². The standard InChI is InChI=1S/C30H36F2N8O2/c1-38-11-13-40(14-12-38)21-4-5-22(25(18-21)35-20-9-15-42-16-10-20)30(41)37-29(34)23-6-8-27(36-28(23)33)39(2)26-7-3-19(31)17-24(26)32/h3-8,17-18,20,35H,9-16H2,1-2H3,(H2,33,36)(H2,34,37,41). The van der Waals surface area contributed by atoms with Crippen LogP contribution in [0, 0.1) is 17.0 Å². The van der Waals surface area contributed by atoms with Gasteiger partial charge in [0.1, 0.15) is 29.1 Å². The minimum absolute atomic E-state index is 0.0156. The van der Waals surface area contributed by atoms with Gasteiger partial charge in [0.2, 0.25) is 0 Å². The van der Waals surface area contributed by atoms with E-state index in [0.717, 1.165) is 56.8 Å². The fraction of sp³-hybridized carbons (Fsp3) is 0.367. The molecule has 2 saturated heterocycles. The average Bonchev–Trinajstić information content (AvgIpc) is 2.97. The van der Waals surface area contributed by atoms with Crippen LogP contribution in [0.5, 0.6) is 0 Å². The van der Waals surface area contributed by atoms with Gasteiger partial charge in [-0.05, 0) is 62.4 Å². The lowest BCUT2D eigenvalue weighted by Gasteiger charge is -2.34. The second-order valence-electron chi connectivity index (χ2n) is 10.6. The first-order valence-corrected chi connectivity index (χ1v) is 14.0. The van der Waals surface area contributed by atoms with Crippen molar-refractivity contribution in [3.63, 3.8) is 0 Å². The first-order valence-electron chi connectivity index (χ1n) is 14.0. The Morgan fingerprint density at radius 1 is 1.05 bits per heavy atom. The molecular formula is C30H36F2N8O2. The first-order chi connectivity index (χ1) is 20.2. The highest BCUT2D eigenvalue weighted by atomic mass is 19.1. The van der Waals surface area contributed by atoms with Crippen molar-refractivity contribution in [3.05, 3.63) is 71.3 Å². The van der Waals surface area contributed by atoms with Crippen LogP contribution in [0.25, 0.3) is 0 Å². The Morgan fingerprint density at radius 2 is 1.76 bits per heavy atom. The lowest BCUT2D eigenvalue weighted by molar-refractivity contribution is 0.0904. The Hall–Kier alpha value is -4.29. The number of amides is 1. The van der Waals surface area contributed by atoms with Crippen LogP contribution in [0.2, 0.25) is 0 Å². The fourth-order valence-electron chi connectivity index (χ4n) is 5.16. The molecule has 12 heteroatoms. The van der Waals surface area contributed by atoms with E-state index in [2.05, 4.69) is 32.5 Å². The van der Waals surface area contributed by atoms with Gasteiger partial charge in [0.05, 0.1) is 16.8 Å². The summed E-state index contributed by atoms with van der Waals surface area (Å²) in [5, 5.41) is 14.8. The summed E-state index contributed by atoms with van der Waals surface area (Å²) >= 11 is 0. The number of pyridine rings is 1. The quantitative estimate of drug-likeness (QED) is 0.247. The highest BCUT2D eigenvalue weighted by Gasteiger charge is 2.22. The Kier molecular flexibility index (Phi) is 8.83. The molecule has 3 aromatic rings. The van der Waals surface area contributed by atoms with Gasteiger partial charge < -0.3 is 35.8 Å². The van der Waals surface area contributed by atoms with Crippen molar-refractivity contribution in [1.29, 1.82) is 5.41 Å². The number of rotatable bonds is 7. The molecule has 10 nitrogen and oxygen atoms in total. The molecule has 2 aliphatic heterocycles. The SMILES string of the molecule is CN1CCN(c2ccc(C(=O)NC(=N)c3ccc(N(C)c4ccc(F)cc4F)nc3N)c(NC3CCOCC3)c2)CC1. The lowest BCUT2D eigenvalue weighted by Crippen LogP contribution is -2.44. The van der Waals surface area contributed by atoms with Crippen molar-refractivity contribution in [3.8, 4) is 0 Å².